The standard InChI is InChI=1S/C13H13N3O4S/c1-8-4-5-15-12(6-8)16-21(19,20)11-3-2-9(14)7-10(11)13(17)18/h2-7H,14H2,1H3,(H,15,16)(H,17,18). The summed E-state index contributed by atoms with van der Waals surface area (Å²) < 4.78 is 26.8. The van der Waals surface area contributed by atoms with Crippen LogP contribution in [-0.4, -0.2) is 24.5 Å². The van der Waals surface area contributed by atoms with E-state index in [1.807, 2.05) is 0 Å². The van der Waals surface area contributed by atoms with E-state index in [2.05, 4.69) is 9.71 Å². The second kappa shape index (κ2) is 5.41. The molecule has 0 radical (unpaired) electrons. The molecule has 1 heterocycles. The van der Waals surface area contributed by atoms with E-state index in [9.17, 15) is 13.2 Å². The van der Waals surface area contributed by atoms with Crippen LogP contribution in [0.4, 0.5) is 11.5 Å². The Bertz CT molecular complexity index is 803. The summed E-state index contributed by atoms with van der Waals surface area (Å²) in [5.41, 5.74) is 6.08. The molecule has 0 aliphatic carbocycles. The average Bonchev–Trinajstić information content (AvgIpc) is 2.37. The van der Waals surface area contributed by atoms with Gasteiger partial charge in [0.2, 0.25) is 0 Å². The summed E-state index contributed by atoms with van der Waals surface area (Å²) in [6.45, 7) is 1.78. The molecule has 0 bridgehead atoms. The summed E-state index contributed by atoms with van der Waals surface area (Å²) in [6.07, 6.45) is 1.45. The normalized spacial score (nSPS) is 11.1. The molecule has 21 heavy (non-hydrogen) atoms. The lowest BCUT2D eigenvalue weighted by molar-refractivity contribution is 0.0692. The molecule has 0 aliphatic rings. The fourth-order valence-electron chi connectivity index (χ4n) is 1.73. The molecule has 0 fully saturated rings. The van der Waals surface area contributed by atoms with Crippen molar-refractivity contribution >= 4 is 27.5 Å². The minimum atomic E-state index is -4.07. The molecule has 0 saturated heterocycles. The zero-order valence-electron chi connectivity index (χ0n) is 11.1. The van der Waals surface area contributed by atoms with Gasteiger partial charge < -0.3 is 10.8 Å². The summed E-state index contributed by atoms with van der Waals surface area (Å²) >= 11 is 0. The maximum Gasteiger partial charge on any atom is 0.337 e. The Morgan fingerprint density at radius 3 is 2.62 bits per heavy atom. The Balaban J connectivity index is 2.47. The van der Waals surface area contributed by atoms with Gasteiger partial charge in [-0.2, -0.15) is 0 Å². The Kier molecular flexibility index (Phi) is 3.81. The highest BCUT2D eigenvalue weighted by atomic mass is 32.2. The van der Waals surface area contributed by atoms with E-state index >= 15 is 0 Å². The van der Waals surface area contributed by atoms with Crippen molar-refractivity contribution in [2.45, 2.75) is 11.8 Å². The Morgan fingerprint density at radius 1 is 1.29 bits per heavy atom. The van der Waals surface area contributed by atoms with E-state index in [-0.39, 0.29) is 16.4 Å². The van der Waals surface area contributed by atoms with Crippen LogP contribution in [0.5, 0.6) is 0 Å². The number of aryl methyl sites for hydroxylation is 1. The fraction of sp³-hybridized carbons (Fsp3) is 0.0769. The first-order valence-electron chi connectivity index (χ1n) is 5.88. The highest BCUT2D eigenvalue weighted by molar-refractivity contribution is 7.92. The summed E-state index contributed by atoms with van der Waals surface area (Å²) in [6, 6.07) is 6.82. The van der Waals surface area contributed by atoms with E-state index in [1.165, 1.54) is 18.3 Å². The third-order valence-electron chi connectivity index (χ3n) is 2.68. The van der Waals surface area contributed by atoms with Crippen LogP contribution < -0.4 is 10.5 Å². The minimum absolute atomic E-state index is 0.114. The average molecular weight is 307 g/mol. The summed E-state index contributed by atoms with van der Waals surface area (Å²) in [5, 5.41) is 9.10. The number of nitrogens with zero attached hydrogens (tertiary/aromatic N) is 1. The maximum atomic E-state index is 12.3. The van der Waals surface area contributed by atoms with Crippen LogP contribution in [0.1, 0.15) is 15.9 Å². The van der Waals surface area contributed by atoms with Crippen LogP contribution in [0.25, 0.3) is 0 Å². The van der Waals surface area contributed by atoms with Gasteiger partial charge in [-0.05, 0) is 42.8 Å². The van der Waals surface area contributed by atoms with Gasteiger partial charge in [0.1, 0.15) is 10.7 Å². The number of pyridine rings is 1. The van der Waals surface area contributed by atoms with Crippen molar-refractivity contribution in [3.63, 3.8) is 0 Å². The molecule has 1 aromatic carbocycles. The summed E-state index contributed by atoms with van der Waals surface area (Å²) in [4.78, 5) is 14.7. The molecular formula is C13H13N3O4S. The van der Waals surface area contributed by atoms with Gasteiger partial charge >= 0.3 is 5.97 Å². The molecule has 1 aromatic heterocycles. The molecule has 4 N–H and O–H groups in total. The quantitative estimate of drug-likeness (QED) is 0.735. The Labute approximate surface area is 121 Å². The molecule has 110 valence electrons. The molecule has 0 unspecified atom stereocenters. The monoisotopic (exact) mass is 307 g/mol. The van der Waals surface area contributed by atoms with Crippen LogP contribution in [0, 0.1) is 6.92 Å². The number of benzene rings is 1. The molecular weight excluding hydrogens is 294 g/mol. The van der Waals surface area contributed by atoms with Gasteiger partial charge in [0, 0.05) is 11.9 Å². The van der Waals surface area contributed by atoms with E-state index in [0.717, 1.165) is 17.7 Å². The van der Waals surface area contributed by atoms with Gasteiger partial charge in [0.15, 0.2) is 0 Å². The number of aromatic carboxylic acids is 1. The largest absolute Gasteiger partial charge is 0.478 e. The fourth-order valence-corrected chi connectivity index (χ4v) is 2.91. The molecule has 0 amide bonds. The van der Waals surface area contributed by atoms with Crippen LogP contribution in [0.2, 0.25) is 0 Å². The lowest BCUT2D eigenvalue weighted by Gasteiger charge is -2.10. The van der Waals surface area contributed by atoms with Crippen molar-refractivity contribution < 1.29 is 18.3 Å². The molecule has 7 nitrogen and oxygen atoms in total. The van der Waals surface area contributed by atoms with Gasteiger partial charge in [-0.15, -0.1) is 0 Å². The van der Waals surface area contributed by atoms with Crippen molar-refractivity contribution in [3.8, 4) is 0 Å². The first kappa shape index (κ1) is 14.8. The van der Waals surface area contributed by atoms with Gasteiger partial charge in [-0.1, -0.05) is 0 Å². The van der Waals surface area contributed by atoms with Gasteiger partial charge in [0.05, 0.1) is 5.56 Å². The van der Waals surface area contributed by atoms with Crippen LogP contribution in [-0.2, 0) is 10.0 Å². The number of aromatic nitrogens is 1. The maximum absolute atomic E-state index is 12.3. The Morgan fingerprint density at radius 2 is 2.00 bits per heavy atom. The molecule has 0 atom stereocenters. The minimum Gasteiger partial charge on any atom is -0.478 e. The number of carboxylic acids is 1. The lowest BCUT2D eigenvalue weighted by Crippen LogP contribution is -2.17. The number of sulfonamides is 1. The number of nitrogens with one attached hydrogen (secondary N) is 1. The first-order chi connectivity index (χ1) is 9.79. The Hall–Kier alpha value is -2.61. The number of nitrogens with two attached hydrogens (primary N) is 1. The van der Waals surface area contributed by atoms with Crippen molar-refractivity contribution in [2.24, 2.45) is 0 Å². The van der Waals surface area contributed by atoms with Crippen molar-refractivity contribution in [2.75, 3.05) is 10.5 Å². The molecule has 0 spiro atoms. The predicted octanol–water partition coefficient (Wildman–Crippen LogP) is 1.47. The zero-order chi connectivity index (χ0) is 15.6. The van der Waals surface area contributed by atoms with Crippen molar-refractivity contribution in [3.05, 3.63) is 47.7 Å². The van der Waals surface area contributed by atoms with Crippen molar-refractivity contribution in [1.29, 1.82) is 0 Å². The van der Waals surface area contributed by atoms with E-state index in [4.69, 9.17) is 10.8 Å². The molecule has 8 heteroatoms. The second-order valence-corrected chi connectivity index (χ2v) is 6.04. The second-order valence-electron chi connectivity index (χ2n) is 4.38. The third-order valence-corrected chi connectivity index (χ3v) is 4.09. The number of hydrogen-bond acceptors (Lipinski definition) is 5. The topological polar surface area (TPSA) is 122 Å². The van der Waals surface area contributed by atoms with Gasteiger partial charge in [0.25, 0.3) is 10.0 Å². The van der Waals surface area contributed by atoms with E-state index in [1.54, 1.807) is 13.0 Å². The van der Waals surface area contributed by atoms with Crippen LogP contribution >= 0.6 is 0 Å². The highest BCUT2D eigenvalue weighted by Crippen LogP contribution is 2.21. The SMILES string of the molecule is Cc1ccnc(NS(=O)(=O)c2ccc(N)cc2C(=O)O)c1. The van der Waals surface area contributed by atoms with Gasteiger partial charge in [-0.25, -0.2) is 18.2 Å². The molecule has 0 aliphatic heterocycles. The molecule has 0 saturated carbocycles. The van der Waals surface area contributed by atoms with Crippen molar-refractivity contribution in [1.82, 2.24) is 4.98 Å². The molecule has 2 aromatic rings. The molecule has 2 rings (SSSR count). The summed E-state index contributed by atoms with van der Waals surface area (Å²) in [5.74, 6) is -1.26. The summed E-state index contributed by atoms with van der Waals surface area (Å²) in [7, 11) is -4.07. The lowest BCUT2D eigenvalue weighted by atomic mass is 10.2. The third kappa shape index (κ3) is 3.29. The van der Waals surface area contributed by atoms with Crippen LogP contribution in [0.15, 0.2) is 41.4 Å². The number of rotatable bonds is 4. The first-order valence-corrected chi connectivity index (χ1v) is 7.36. The van der Waals surface area contributed by atoms with Gasteiger partial charge in [-0.3, -0.25) is 4.72 Å². The van der Waals surface area contributed by atoms with E-state index < -0.39 is 21.6 Å². The number of carboxylic acid groups (broad SMARTS) is 1. The number of nitrogen functional groups attached to an aromatic ring is 1. The number of carbonyl (C=O) groups is 1. The van der Waals surface area contributed by atoms with Crippen LogP contribution in [0.3, 0.4) is 0 Å². The highest BCUT2D eigenvalue weighted by Gasteiger charge is 2.23. The number of hydrogen-bond donors (Lipinski definition) is 3. The smallest absolute Gasteiger partial charge is 0.337 e. The van der Waals surface area contributed by atoms with E-state index in [0.29, 0.717) is 0 Å². The predicted molar refractivity (Wildman–Crippen MR) is 77.6 cm³/mol. The number of anilines is 2. The zero-order valence-corrected chi connectivity index (χ0v) is 11.9.